The molecule has 0 unspecified atom stereocenters. The molecule has 43 heavy (non-hydrogen) atoms. The number of hydrogen-bond acceptors (Lipinski definition) is 10. The summed E-state index contributed by atoms with van der Waals surface area (Å²) in [6.07, 6.45) is 4.71. The second-order valence-electron chi connectivity index (χ2n) is 11.1. The normalized spacial score (nSPS) is 19.1. The van der Waals surface area contributed by atoms with Gasteiger partial charge in [-0.15, -0.1) is 22.7 Å². The standard InChI is InChI=1S/C32H37N3O6S2/c1-4-39-32(38)41-19-40-31(37)29-25(24-13-14-35(3)16-26(24)21-7-5-20(2)6-8-21)15-28(43-29)22-9-11-23(12-10-22)34-30(36)27-17-42-18-33-27/h9-12,15,17-18,20-21H,4-8,13-14,16,19H2,1-3H3,(H,34,36). The van der Waals surface area contributed by atoms with E-state index in [9.17, 15) is 14.4 Å². The number of hydrogen-bond donors (Lipinski definition) is 1. The molecular weight excluding hydrogens is 587 g/mol. The number of ether oxygens (including phenoxy) is 3. The number of thiophene rings is 1. The topological polar surface area (TPSA) is 107 Å². The van der Waals surface area contributed by atoms with Crippen LogP contribution in [0.1, 0.15) is 71.7 Å². The lowest BCUT2D eigenvalue weighted by Crippen LogP contribution is -2.31. The summed E-state index contributed by atoms with van der Waals surface area (Å²) in [5.41, 5.74) is 7.11. The predicted octanol–water partition coefficient (Wildman–Crippen LogP) is 7.33. The lowest BCUT2D eigenvalue weighted by atomic mass is 9.75. The summed E-state index contributed by atoms with van der Waals surface area (Å²) in [7, 11) is 2.15. The Balaban J connectivity index is 1.45. The number of carbonyl (C=O) groups excluding carboxylic acids is 3. The highest BCUT2D eigenvalue weighted by molar-refractivity contribution is 7.17. The molecule has 1 saturated carbocycles. The monoisotopic (exact) mass is 623 g/mol. The molecule has 1 fully saturated rings. The van der Waals surface area contributed by atoms with Gasteiger partial charge < -0.3 is 24.4 Å². The van der Waals surface area contributed by atoms with E-state index in [-0.39, 0.29) is 12.5 Å². The number of anilines is 1. The van der Waals surface area contributed by atoms with Crippen molar-refractivity contribution in [3.8, 4) is 10.4 Å². The molecule has 5 rings (SSSR count). The van der Waals surface area contributed by atoms with Crippen molar-refractivity contribution in [2.75, 3.05) is 38.9 Å². The first-order valence-corrected chi connectivity index (χ1v) is 16.4. The summed E-state index contributed by atoms with van der Waals surface area (Å²) < 4.78 is 15.1. The Morgan fingerprint density at radius 3 is 2.53 bits per heavy atom. The van der Waals surface area contributed by atoms with Gasteiger partial charge in [0.05, 0.1) is 12.1 Å². The van der Waals surface area contributed by atoms with Gasteiger partial charge in [-0.2, -0.15) is 0 Å². The first-order chi connectivity index (χ1) is 20.8. The van der Waals surface area contributed by atoms with Crippen LogP contribution >= 0.6 is 22.7 Å². The molecule has 11 heteroatoms. The second-order valence-corrected chi connectivity index (χ2v) is 12.9. The minimum absolute atomic E-state index is 0.171. The van der Waals surface area contributed by atoms with Crippen LogP contribution in [0.25, 0.3) is 16.0 Å². The summed E-state index contributed by atoms with van der Waals surface area (Å²) in [6, 6.07) is 9.62. The Hall–Kier alpha value is -3.54. The number of esters is 1. The van der Waals surface area contributed by atoms with Crippen LogP contribution in [0.15, 0.2) is 46.8 Å². The zero-order valence-electron chi connectivity index (χ0n) is 24.7. The van der Waals surface area contributed by atoms with E-state index in [4.69, 9.17) is 14.2 Å². The number of amides is 1. The van der Waals surface area contributed by atoms with Gasteiger partial charge in [-0.1, -0.05) is 31.9 Å². The number of likely N-dealkylation sites (N-methyl/N-ethyl adjacent to an activating group) is 1. The fourth-order valence-electron chi connectivity index (χ4n) is 5.72. The molecule has 0 bridgehead atoms. The third-order valence-corrected chi connectivity index (χ3v) is 9.79. The van der Waals surface area contributed by atoms with Crippen molar-refractivity contribution in [2.24, 2.45) is 11.8 Å². The van der Waals surface area contributed by atoms with Crippen LogP contribution in [0.4, 0.5) is 10.5 Å². The van der Waals surface area contributed by atoms with Gasteiger partial charge in [-0.3, -0.25) is 4.79 Å². The number of nitrogens with one attached hydrogen (secondary N) is 1. The van der Waals surface area contributed by atoms with Crippen molar-refractivity contribution in [1.82, 2.24) is 9.88 Å². The summed E-state index contributed by atoms with van der Waals surface area (Å²) in [5, 5.41) is 4.57. The van der Waals surface area contributed by atoms with Crippen molar-refractivity contribution in [3.05, 3.63) is 62.9 Å². The molecule has 0 spiro atoms. The molecule has 228 valence electrons. The molecule has 0 atom stereocenters. The van der Waals surface area contributed by atoms with Crippen LogP contribution in [0, 0.1) is 11.8 Å². The van der Waals surface area contributed by atoms with Gasteiger partial charge in [-0.25, -0.2) is 14.6 Å². The van der Waals surface area contributed by atoms with Crippen molar-refractivity contribution in [1.29, 1.82) is 0 Å². The smallest absolute Gasteiger partial charge is 0.435 e. The summed E-state index contributed by atoms with van der Waals surface area (Å²) in [6.45, 7) is 5.44. The Morgan fingerprint density at radius 1 is 1.07 bits per heavy atom. The number of rotatable bonds is 9. The Kier molecular flexibility index (Phi) is 10.3. The number of benzene rings is 1. The molecule has 1 amide bonds. The van der Waals surface area contributed by atoms with Crippen LogP contribution in [0.2, 0.25) is 0 Å². The van der Waals surface area contributed by atoms with E-state index in [0.717, 1.165) is 54.3 Å². The minimum atomic E-state index is -0.879. The van der Waals surface area contributed by atoms with Gasteiger partial charge in [0.15, 0.2) is 0 Å². The Morgan fingerprint density at radius 2 is 1.84 bits per heavy atom. The zero-order chi connectivity index (χ0) is 30.3. The number of aromatic nitrogens is 1. The van der Waals surface area contributed by atoms with Crippen LogP contribution in [-0.4, -0.2) is 61.5 Å². The summed E-state index contributed by atoms with van der Waals surface area (Å²) >= 11 is 2.73. The van der Waals surface area contributed by atoms with E-state index in [1.165, 1.54) is 46.7 Å². The van der Waals surface area contributed by atoms with Gasteiger partial charge >= 0.3 is 12.1 Å². The zero-order valence-corrected chi connectivity index (χ0v) is 26.4. The third kappa shape index (κ3) is 7.70. The highest BCUT2D eigenvalue weighted by atomic mass is 32.1. The lowest BCUT2D eigenvalue weighted by Gasteiger charge is -2.35. The van der Waals surface area contributed by atoms with Gasteiger partial charge in [0, 0.05) is 34.6 Å². The molecule has 0 radical (unpaired) electrons. The summed E-state index contributed by atoms with van der Waals surface area (Å²) in [5.74, 6) is 0.439. The molecule has 0 saturated heterocycles. The van der Waals surface area contributed by atoms with Crippen molar-refractivity contribution < 1.29 is 28.6 Å². The van der Waals surface area contributed by atoms with E-state index in [0.29, 0.717) is 22.2 Å². The molecule has 9 nitrogen and oxygen atoms in total. The number of nitrogens with zero attached hydrogens (tertiary/aromatic N) is 2. The van der Waals surface area contributed by atoms with Crippen LogP contribution in [0.5, 0.6) is 0 Å². The molecule has 1 aliphatic carbocycles. The molecule has 2 aliphatic rings. The maximum atomic E-state index is 13.4. The maximum Gasteiger partial charge on any atom is 0.511 e. The number of thiazole rings is 1. The first kappa shape index (κ1) is 30.9. The molecule has 1 N–H and O–H groups in total. The van der Waals surface area contributed by atoms with Crippen molar-refractivity contribution >= 4 is 52.0 Å². The fourth-order valence-corrected chi connectivity index (χ4v) is 7.34. The van der Waals surface area contributed by atoms with E-state index in [1.54, 1.807) is 17.8 Å². The first-order valence-electron chi connectivity index (χ1n) is 14.6. The van der Waals surface area contributed by atoms with E-state index < -0.39 is 18.9 Å². The fraction of sp³-hybridized carbons (Fsp3) is 0.438. The molecule has 1 aliphatic heterocycles. The van der Waals surface area contributed by atoms with Crippen molar-refractivity contribution in [2.45, 2.75) is 46.0 Å². The van der Waals surface area contributed by atoms with Gasteiger partial charge in [0.2, 0.25) is 6.79 Å². The van der Waals surface area contributed by atoms with Crippen LogP contribution in [0.3, 0.4) is 0 Å². The van der Waals surface area contributed by atoms with Crippen molar-refractivity contribution in [3.63, 3.8) is 0 Å². The average molecular weight is 624 g/mol. The minimum Gasteiger partial charge on any atom is -0.435 e. The third-order valence-electron chi connectivity index (χ3n) is 8.04. The summed E-state index contributed by atoms with van der Waals surface area (Å²) in [4.78, 5) is 45.3. The van der Waals surface area contributed by atoms with Gasteiger partial charge in [-0.05, 0) is 80.0 Å². The van der Waals surface area contributed by atoms with E-state index >= 15 is 0 Å². The molecule has 2 aromatic heterocycles. The molecule has 3 aromatic rings. The van der Waals surface area contributed by atoms with Crippen LogP contribution in [-0.2, 0) is 14.2 Å². The highest BCUT2D eigenvalue weighted by Gasteiger charge is 2.31. The van der Waals surface area contributed by atoms with Gasteiger partial charge in [0.25, 0.3) is 5.91 Å². The highest BCUT2D eigenvalue weighted by Crippen LogP contribution is 2.43. The molecule has 1 aromatic carbocycles. The van der Waals surface area contributed by atoms with E-state index in [1.807, 2.05) is 24.3 Å². The second kappa shape index (κ2) is 14.3. The largest absolute Gasteiger partial charge is 0.511 e. The molecular formula is C32H37N3O6S2. The van der Waals surface area contributed by atoms with E-state index in [2.05, 4.69) is 35.2 Å². The van der Waals surface area contributed by atoms with Gasteiger partial charge in [0.1, 0.15) is 10.6 Å². The Labute approximate surface area is 259 Å². The quantitative estimate of drug-likeness (QED) is 0.195. The SMILES string of the molecule is CCOC(=O)OCOC(=O)c1sc(-c2ccc(NC(=O)c3cscn3)cc2)cc1C1=C(C2CCC(C)CC2)CN(C)CC1. The average Bonchev–Trinajstić information content (AvgIpc) is 3.70. The predicted molar refractivity (Wildman–Crippen MR) is 168 cm³/mol. The Bertz CT molecular complexity index is 1460. The number of carbonyl (C=O) groups is 3. The maximum absolute atomic E-state index is 13.4. The van der Waals surface area contributed by atoms with Crippen LogP contribution < -0.4 is 5.32 Å². The molecule has 3 heterocycles. The lowest BCUT2D eigenvalue weighted by molar-refractivity contribution is -0.0259.